The molecule has 0 amide bonds. The Balaban J connectivity index is 2.38. The predicted molar refractivity (Wildman–Crippen MR) is 70.2 cm³/mol. The van der Waals surface area contributed by atoms with E-state index >= 15 is 0 Å². The van der Waals surface area contributed by atoms with Crippen molar-refractivity contribution in [2.75, 3.05) is 6.54 Å². The minimum Gasteiger partial charge on any atom is -0.421 e. The summed E-state index contributed by atoms with van der Waals surface area (Å²) < 4.78 is 6.50. The Kier molecular flexibility index (Phi) is 3.78. The molecule has 2 aromatic rings. The second-order valence-electron chi connectivity index (χ2n) is 3.16. The van der Waals surface area contributed by atoms with E-state index in [9.17, 15) is 0 Å². The van der Waals surface area contributed by atoms with Crippen molar-refractivity contribution in [2.45, 2.75) is 6.42 Å². The molecule has 2 rings (SSSR count). The normalized spacial score (nSPS) is 10.7. The summed E-state index contributed by atoms with van der Waals surface area (Å²) in [5.74, 6) is 1.03. The number of aromatic nitrogens is 2. The Labute approximate surface area is 111 Å². The Morgan fingerprint density at radius 2 is 2.19 bits per heavy atom. The molecule has 0 saturated carbocycles. The van der Waals surface area contributed by atoms with E-state index in [1.165, 1.54) is 0 Å². The molecule has 0 spiro atoms. The third-order valence-electron chi connectivity index (χ3n) is 1.98. The summed E-state index contributed by atoms with van der Waals surface area (Å²) >= 11 is 8.12. The largest absolute Gasteiger partial charge is 0.421 e. The molecule has 2 N–H and O–H groups in total. The monoisotopic (exact) mass is 349 g/mol. The van der Waals surface area contributed by atoms with Crippen molar-refractivity contribution in [3.8, 4) is 11.5 Å². The topological polar surface area (TPSA) is 64.9 Å². The molecule has 4 nitrogen and oxygen atoms in total. The molecule has 0 bridgehead atoms. The minimum absolute atomic E-state index is 0.482. The van der Waals surface area contributed by atoms with Gasteiger partial charge < -0.3 is 10.2 Å². The van der Waals surface area contributed by atoms with E-state index in [-0.39, 0.29) is 0 Å². The van der Waals surface area contributed by atoms with Crippen LogP contribution >= 0.6 is 34.2 Å². The van der Waals surface area contributed by atoms with Crippen LogP contribution in [0.15, 0.2) is 22.6 Å². The van der Waals surface area contributed by atoms with Crippen LogP contribution in [-0.4, -0.2) is 16.7 Å². The molecule has 16 heavy (non-hydrogen) atoms. The molecule has 0 fully saturated rings. The summed E-state index contributed by atoms with van der Waals surface area (Å²) in [6.07, 6.45) is 0.587. The van der Waals surface area contributed by atoms with Gasteiger partial charge in [0.05, 0.1) is 5.56 Å². The van der Waals surface area contributed by atoms with Crippen LogP contribution in [0, 0.1) is 3.57 Å². The fourth-order valence-corrected chi connectivity index (χ4v) is 1.99. The zero-order valence-corrected chi connectivity index (χ0v) is 11.2. The maximum Gasteiger partial charge on any atom is 0.248 e. The molecule has 1 aromatic carbocycles. The van der Waals surface area contributed by atoms with E-state index in [2.05, 4.69) is 32.8 Å². The van der Waals surface area contributed by atoms with Gasteiger partial charge in [0.25, 0.3) is 0 Å². The number of benzene rings is 1. The average Bonchev–Trinajstić information content (AvgIpc) is 2.71. The van der Waals surface area contributed by atoms with Crippen molar-refractivity contribution < 1.29 is 4.42 Å². The molecule has 1 heterocycles. The molecule has 1 aromatic heterocycles. The smallest absolute Gasteiger partial charge is 0.248 e. The Morgan fingerprint density at radius 1 is 1.38 bits per heavy atom. The van der Waals surface area contributed by atoms with Gasteiger partial charge >= 0.3 is 0 Å². The zero-order chi connectivity index (χ0) is 11.5. The van der Waals surface area contributed by atoms with E-state index in [4.69, 9.17) is 21.8 Å². The fraction of sp³-hybridized carbons (Fsp3) is 0.200. The van der Waals surface area contributed by atoms with E-state index in [0.29, 0.717) is 29.8 Å². The fourth-order valence-electron chi connectivity index (χ4n) is 1.25. The second kappa shape index (κ2) is 5.11. The molecule has 0 aliphatic heterocycles. The first-order chi connectivity index (χ1) is 7.70. The molecule has 6 heteroatoms. The second-order valence-corrected chi connectivity index (χ2v) is 4.76. The number of hydrogen-bond acceptors (Lipinski definition) is 4. The van der Waals surface area contributed by atoms with Crippen molar-refractivity contribution in [3.63, 3.8) is 0 Å². The van der Waals surface area contributed by atoms with Gasteiger partial charge in [-0.2, -0.15) is 0 Å². The zero-order valence-electron chi connectivity index (χ0n) is 8.28. The van der Waals surface area contributed by atoms with Crippen LogP contribution in [0.3, 0.4) is 0 Å². The molecular formula is C10H9ClIN3O. The lowest BCUT2D eigenvalue weighted by molar-refractivity contribution is 0.507. The maximum absolute atomic E-state index is 5.92. The van der Waals surface area contributed by atoms with Gasteiger partial charge in [-0.15, -0.1) is 10.2 Å². The van der Waals surface area contributed by atoms with Crippen molar-refractivity contribution in [1.29, 1.82) is 0 Å². The standard InChI is InChI=1S/C10H9ClIN3O/c11-6-1-2-8(12)7(5-6)10-15-14-9(16-10)3-4-13/h1-2,5H,3-4,13H2. The molecule has 0 atom stereocenters. The first-order valence-electron chi connectivity index (χ1n) is 4.68. The van der Waals surface area contributed by atoms with E-state index < -0.39 is 0 Å². The average molecular weight is 350 g/mol. The SMILES string of the molecule is NCCc1nnc(-c2cc(Cl)ccc2I)o1. The summed E-state index contributed by atoms with van der Waals surface area (Å²) in [5.41, 5.74) is 6.26. The lowest BCUT2D eigenvalue weighted by Crippen LogP contribution is -2.02. The van der Waals surface area contributed by atoms with Gasteiger partial charge in [0.15, 0.2) is 0 Å². The van der Waals surface area contributed by atoms with Gasteiger partial charge in [-0.25, -0.2) is 0 Å². The van der Waals surface area contributed by atoms with Crippen LogP contribution in [0.1, 0.15) is 5.89 Å². The van der Waals surface area contributed by atoms with Gasteiger partial charge in [0.2, 0.25) is 11.8 Å². The molecule has 0 saturated heterocycles. The maximum atomic E-state index is 5.92. The van der Waals surface area contributed by atoms with Crippen LogP contribution in [0.4, 0.5) is 0 Å². The first kappa shape index (κ1) is 11.8. The highest BCUT2D eigenvalue weighted by Crippen LogP contribution is 2.27. The van der Waals surface area contributed by atoms with Crippen LogP contribution in [0.5, 0.6) is 0 Å². The highest BCUT2D eigenvalue weighted by atomic mass is 127. The predicted octanol–water partition coefficient (Wildman–Crippen LogP) is 2.50. The molecular weight excluding hydrogens is 340 g/mol. The van der Waals surface area contributed by atoms with Crippen LogP contribution in [-0.2, 0) is 6.42 Å². The number of nitrogens with zero attached hydrogens (tertiary/aromatic N) is 2. The van der Waals surface area contributed by atoms with Crippen LogP contribution < -0.4 is 5.73 Å². The molecule has 0 radical (unpaired) electrons. The minimum atomic E-state index is 0.482. The quantitative estimate of drug-likeness (QED) is 0.865. The number of rotatable bonds is 3. The highest BCUT2D eigenvalue weighted by Gasteiger charge is 2.11. The van der Waals surface area contributed by atoms with E-state index in [1.807, 2.05) is 18.2 Å². The van der Waals surface area contributed by atoms with E-state index in [0.717, 1.165) is 9.13 Å². The first-order valence-corrected chi connectivity index (χ1v) is 6.14. The molecule has 0 unspecified atom stereocenters. The lowest BCUT2D eigenvalue weighted by atomic mass is 10.2. The van der Waals surface area contributed by atoms with Gasteiger partial charge in [-0.1, -0.05) is 11.6 Å². The highest BCUT2D eigenvalue weighted by molar-refractivity contribution is 14.1. The van der Waals surface area contributed by atoms with Crippen molar-refractivity contribution in [1.82, 2.24) is 10.2 Å². The van der Waals surface area contributed by atoms with Crippen molar-refractivity contribution in [3.05, 3.63) is 32.7 Å². The summed E-state index contributed by atoms with van der Waals surface area (Å²) in [6, 6.07) is 5.54. The summed E-state index contributed by atoms with van der Waals surface area (Å²) in [5, 5.41) is 8.53. The molecule has 0 aliphatic carbocycles. The summed E-state index contributed by atoms with van der Waals surface area (Å²) in [6.45, 7) is 0.494. The Bertz CT molecular complexity index is 501. The van der Waals surface area contributed by atoms with Crippen molar-refractivity contribution >= 4 is 34.2 Å². The van der Waals surface area contributed by atoms with E-state index in [1.54, 1.807) is 0 Å². The third kappa shape index (κ3) is 2.53. The van der Waals surface area contributed by atoms with Gasteiger partial charge in [-0.05, 0) is 40.8 Å². The van der Waals surface area contributed by atoms with Gasteiger partial charge in [0.1, 0.15) is 0 Å². The van der Waals surface area contributed by atoms with Gasteiger partial charge in [-0.3, -0.25) is 0 Å². The summed E-state index contributed by atoms with van der Waals surface area (Å²) in [7, 11) is 0. The van der Waals surface area contributed by atoms with Crippen LogP contribution in [0.2, 0.25) is 5.02 Å². The summed E-state index contributed by atoms with van der Waals surface area (Å²) in [4.78, 5) is 0. The third-order valence-corrected chi connectivity index (χ3v) is 3.16. The van der Waals surface area contributed by atoms with Crippen LogP contribution in [0.25, 0.3) is 11.5 Å². The number of nitrogens with two attached hydrogens (primary N) is 1. The Morgan fingerprint density at radius 3 is 2.94 bits per heavy atom. The Hall–Kier alpha value is -0.660. The van der Waals surface area contributed by atoms with Gasteiger partial charge in [0, 0.05) is 21.6 Å². The molecule has 0 aliphatic rings. The lowest BCUT2D eigenvalue weighted by Gasteiger charge is -1.99. The molecule has 84 valence electrons. The number of halogens is 2. The number of hydrogen-bond donors (Lipinski definition) is 1. The van der Waals surface area contributed by atoms with Crippen molar-refractivity contribution in [2.24, 2.45) is 5.73 Å².